The van der Waals surface area contributed by atoms with Gasteiger partial charge in [0, 0.05) is 18.4 Å². The maximum atomic E-state index is 11.9. The summed E-state index contributed by atoms with van der Waals surface area (Å²) in [4.78, 5) is 22.3. The molecule has 1 aromatic heterocycles. The summed E-state index contributed by atoms with van der Waals surface area (Å²) in [7, 11) is 0. The molecule has 5 nitrogen and oxygen atoms in total. The molecule has 0 spiro atoms. The predicted octanol–water partition coefficient (Wildman–Crippen LogP) is 3.20. The fraction of sp³-hybridized carbons (Fsp3) is 0.375. The predicted molar refractivity (Wildman–Crippen MR) is 79.3 cm³/mol. The van der Waals surface area contributed by atoms with Crippen LogP contribution in [0.2, 0.25) is 0 Å². The highest BCUT2D eigenvalue weighted by Gasteiger charge is 2.10. The van der Waals surface area contributed by atoms with Crippen LogP contribution in [-0.4, -0.2) is 23.5 Å². The van der Waals surface area contributed by atoms with Crippen molar-refractivity contribution in [2.24, 2.45) is 0 Å². The molecule has 0 aliphatic carbocycles. The smallest absolute Gasteiger partial charge is 0.303 e. The number of hydrogen-bond acceptors (Lipinski definition) is 3. The van der Waals surface area contributed by atoms with Crippen LogP contribution in [0.25, 0.3) is 11.0 Å². The third-order valence-electron chi connectivity index (χ3n) is 3.25. The van der Waals surface area contributed by atoms with Crippen LogP contribution in [0.1, 0.15) is 42.7 Å². The van der Waals surface area contributed by atoms with E-state index in [0.29, 0.717) is 24.3 Å². The molecule has 0 radical (unpaired) electrons. The molecule has 0 aliphatic heterocycles. The standard InChI is InChI=1S/C16H19NO4/c18-15(19)9-3-1-2-6-10-17-16(20)14-11-12-7-4-5-8-13(12)21-14/h4-5,7-8,11H,1-3,6,9-10H2,(H,17,20)(H,18,19). The molecule has 0 fully saturated rings. The highest BCUT2D eigenvalue weighted by molar-refractivity contribution is 5.95. The van der Waals surface area contributed by atoms with E-state index in [1.54, 1.807) is 6.07 Å². The van der Waals surface area contributed by atoms with E-state index in [0.717, 1.165) is 24.6 Å². The summed E-state index contributed by atoms with van der Waals surface area (Å²) in [6.45, 7) is 0.572. The van der Waals surface area contributed by atoms with Gasteiger partial charge in [0.25, 0.3) is 5.91 Å². The summed E-state index contributed by atoms with van der Waals surface area (Å²) in [5.74, 6) is -0.646. The molecule has 0 unspecified atom stereocenters. The molecule has 0 bridgehead atoms. The van der Waals surface area contributed by atoms with Crippen molar-refractivity contribution in [3.63, 3.8) is 0 Å². The van der Waals surface area contributed by atoms with Gasteiger partial charge in [0.2, 0.25) is 0 Å². The molecule has 0 aliphatic rings. The summed E-state index contributed by atoms with van der Waals surface area (Å²) in [5, 5.41) is 12.2. The van der Waals surface area contributed by atoms with Gasteiger partial charge in [-0.1, -0.05) is 31.0 Å². The number of hydrogen-bond donors (Lipinski definition) is 2. The Kier molecular flexibility index (Phi) is 5.37. The van der Waals surface area contributed by atoms with E-state index in [1.807, 2.05) is 24.3 Å². The molecule has 2 aromatic rings. The Bertz CT molecular complexity index is 585. The van der Waals surface area contributed by atoms with Crippen molar-refractivity contribution in [2.45, 2.75) is 32.1 Å². The zero-order valence-electron chi connectivity index (χ0n) is 11.8. The molecule has 1 heterocycles. The third-order valence-corrected chi connectivity index (χ3v) is 3.25. The molecular formula is C16H19NO4. The maximum Gasteiger partial charge on any atom is 0.303 e. The van der Waals surface area contributed by atoms with E-state index in [9.17, 15) is 9.59 Å². The lowest BCUT2D eigenvalue weighted by Gasteiger charge is -2.02. The molecule has 0 atom stereocenters. The molecule has 2 rings (SSSR count). The quantitative estimate of drug-likeness (QED) is 0.731. The van der Waals surface area contributed by atoms with Crippen molar-refractivity contribution < 1.29 is 19.1 Å². The van der Waals surface area contributed by atoms with Crippen LogP contribution >= 0.6 is 0 Å². The van der Waals surface area contributed by atoms with E-state index in [4.69, 9.17) is 9.52 Å². The Balaban J connectivity index is 1.69. The lowest BCUT2D eigenvalue weighted by molar-refractivity contribution is -0.137. The first-order chi connectivity index (χ1) is 10.2. The van der Waals surface area contributed by atoms with Crippen LogP contribution in [0.15, 0.2) is 34.7 Å². The minimum absolute atomic E-state index is 0.211. The SMILES string of the molecule is O=C(O)CCCCCCNC(=O)c1cc2ccccc2o1. The second-order valence-corrected chi connectivity index (χ2v) is 4.96. The molecule has 5 heteroatoms. The summed E-state index contributed by atoms with van der Waals surface area (Å²) in [6, 6.07) is 9.23. The second kappa shape index (κ2) is 7.47. The second-order valence-electron chi connectivity index (χ2n) is 4.96. The number of fused-ring (bicyclic) bond motifs is 1. The number of rotatable bonds is 8. The molecule has 2 N–H and O–H groups in total. The van der Waals surface area contributed by atoms with Gasteiger partial charge in [-0.05, 0) is 25.0 Å². The Morgan fingerprint density at radius 2 is 1.86 bits per heavy atom. The Morgan fingerprint density at radius 3 is 2.62 bits per heavy atom. The number of carbonyl (C=O) groups excluding carboxylic acids is 1. The zero-order chi connectivity index (χ0) is 15.1. The number of furan rings is 1. The third kappa shape index (κ3) is 4.63. The first-order valence-corrected chi connectivity index (χ1v) is 7.15. The fourth-order valence-electron chi connectivity index (χ4n) is 2.14. The highest BCUT2D eigenvalue weighted by atomic mass is 16.4. The lowest BCUT2D eigenvalue weighted by atomic mass is 10.1. The van der Waals surface area contributed by atoms with Crippen molar-refractivity contribution >= 4 is 22.8 Å². The van der Waals surface area contributed by atoms with Crippen LogP contribution in [0, 0.1) is 0 Å². The van der Waals surface area contributed by atoms with Gasteiger partial charge in [-0.25, -0.2) is 0 Å². The first kappa shape index (κ1) is 15.1. The maximum absolute atomic E-state index is 11.9. The lowest BCUT2D eigenvalue weighted by Crippen LogP contribution is -2.23. The van der Waals surface area contributed by atoms with Gasteiger partial charge in [0.05, 0.1) is 0 Å². The number of aliphatic carboxylic acids is 1. The molecular weight excluding hydrogens is 270 g/mol. The van der Waals surface area contributed by atoms with Crippen molar-refractivity contribution in [3.8, 4) is 0 Å². The van der Waals surface area contributed by atoms with Gasteiger partial charge >= 0.3 is 5.97 Å². The van der Waals surface area contributed by atoms with E-state index >= 15 is 0 Å². The number of carboxylic acid groups (broad SMARTS) is 1. The molecule has 0 saturated carbocycles. The molecule has 112 valence electrons. The zero-order valence-corrected chi connectivity index (χ0v) is 11.8. The molecule has 1 amide bonds. The minimum atomic E-state index is -0.756. The number of nitrogens with one attached hydrogen (secondary N) is 1. The van der Waals surface area contributed by atoms with Crippen molar-refractivity contribution in [2.75, 3.05) is 6.54 Å². The Hall–Kier alpha value is -2.30. The van der Waals surface area contributed by atoms with Crippen LogP contribution in [0.5, 0.6) is 0 Å². The number of amides is 1. The number of unbranched alkanes of at least 4 members (excludes halogenated alkanes) is 3. The van der Waals surface area contributed by atoms with Gasteiger partial charge < -0.3 is 14.8 Å². The summed E-state index contributed by atoms with van der Waals surface area (Å²) in [5.41, 5.74) is 0.705. The molecule has 1 aromatic carbocycles. The molecule has 21 heavy (non-hydrogen) atoms. The van der Waals surface area contributed by atoms with Crippen LogP contribution in [-0.2, 0) is 4.79 Å². The van der Waals surface area contributed by atoms with Gasteiger partial charge in [-0.3, -0.25) is 9.59 Å². The first-order valence-electron chi connectivity index (χ1n) is 7.15. The average Bonchev–Trinajstić information content (AvgIpc) is 2.89. The average molecular weight is 289 g/mol. The molecule has 0 saturated heterocycles. The van der Waals surface area contributed by atoms with E-state index in [-0.39, 0.29) is 12.3 Å². The number of benzene rings is 1. The largest absolute Gasteiger partial charge is 0.481 e. The summed E-state index contributed by atoms with van der Waals surface area (Å²) >= 11 is 0. The van der Waals surface area contributed by atoms with Gasteiger partial charge in [-0.2, -0.15) is 0 Å². The van der Waals surface area contributed by atoms with Crippen molar-refractivity contribution in [1.29, 1.82) is 0 Å². The number of carbonyl (C=O) groups is 2. The summed E-state index contributed by atoms with van der Waals surface area (Å²) < 4.78 is 5.47. The van der Waals surface area contributed by atoms with Crippen molar-refractivity contribution in [3.05, 3.63) is 36.1 Å². The van der Waals surface area contributed by atoms with E-state index < -0.39 is 5.97 Å². The Labute approximate surface area is 122 Å². The van der Waals surface area contributed by atoms with Gasteiger partial charge in [-0.15, -0.1) is 0 Å². The Morgan fingerprint density at radius 1 is 1.10 bits per heavy atom. The topological polar surface area (TPSA) is 79.5 Å². The fourth-order valence-corrected chi connectivity index (χ4v) is 2.14. The minimum Gasteiger partial charge on any atom is -0.481 e. The summed E-state index contributed by atoms with van der Waals surface area (Å²) in [6.07, 6.45) is 3.52. The highest BCUT2D eigenvalue weighted by Crippen LogP contribution is 2.18. The van der Waals surface area contributed by atoms with E-state index in [2.05, 4.69) is 5.32 Å². The number of carboxylic acids is 1. The normalized spacial score (nSPS) is 10.7. The van der Waals surface area contributed by atoms with Gasteiger partial charge in [0.15, 0.2) is 5.76 Å². The number of para-hydroxylation sites is 1. The van der Waals surface area contributed by atoms with Gasteiger partial charge in [0.1, 0.15) is 5.58 Å². The van der Waals surface area contributed by atoms with Crippen LogP contribution in [0.4, 0.5) is 0 Å². The van der Waals surface area contributed by atoms with Crippen molar-refractivity contribution in [1.82, 2.24) is 5.32 Å². The van der Waals surface area contributed by atoms with E-state index in [1.165, 1.54) is 0 Å². The van der Waals surface area contributed by atoms with Crippen LogP contribution in [0.3, 0.4) is 0 Å². The van der Waals surface area contributed by atoms with Crippen LogP contribution < -0.4 is 5.32 Å². The monoisotopic (exact) mass is 289 g/mol.